The van der Waals surface area contributed by atoms with E-state index >= 15 is 0 Å². The first-order valence-corrected chi connectivity index (χ1v) is 7.38. The number of rotatable bonds is 4. The number of amides is 1. The van der Waals surface area contributed by atoms with E-state index in [4.69, 9.17) is 0 Å². The molecule has 0 spiro atoms. The van der Waals surface area contributed by atoms with Gasteiger partial charge in [-0.25, -0.2) is 4.98 Å². The number of thiazole rings is 1. The molecule has 0 aliphatic rings. The first-order chi connectivity index (χ1) is 10.2. The van der Waals surface area contributed by atoms with Crippen molar-refractivity contribution in [2.24, 2.45) is 0 Å². The van der Waals surface area contributed by atoms with Crippen LogP contribution in [-0.4, -0.2) is 20.7 Å². The molecule has 6 heteroatoms. The van der Waals surface area contributed by atoms with E-state index in [1.165, 1.54) is 11.3 Å². The van der Waals surface area contributed by atoms with E-state index in [0.717, 1.165) is 11.3 Å². The maximum atomic E-state index is 12.1. The predicted octanol–water partition coefficient (Wildman–Crippen LogP) is 2.95. The summed E-state index contributed by atoms with van der Waals surface area (Å²) in [6.07, 6.45) is 3.66. The van der Waals surface area contributed by atoms with Crippen LogP contribution in [0.15, 0.2) is 48.1 Å². The van der Waals surface area contributed by atoms with Crippen molar-refractivity contribution in [2.45, 2.75) is 13.5 Å². The molecule has 3 rings (SSSR count). The molecular weight excluding hydrogens is 284 g/mol. The SMILES string of the molecule is Cc1csc(NC(=O)c2ccc(Cn3cccn3)cc2)n1. The zero-order valence-corrected chi connectivity index (χ0v) is 12.3. The molecule has 0 saturated heterocycles. The van der Waals surface area contributed by atoms with E-state index in [1.807, 2.05) is 53.5 Å². The highest BCUT2D eigenvalue weighted by molar-refractivity contribution is 7.13. The van der Waals surface area contributed by atoms with Gasteiger partial charge in [0.15, 0.2) is 5.13 Å². The Morgan fingerprint density at radius 3 is 2.76 bits per heavy atom. The molecule has 0 saturated carbocycles. The van der Waals surface area contributed by atoms with Crippen LogP contribution >= 0.6 is 11.3 Å². The summed E-state index contributed by atoms with van der Waals surface area (Å²) in [5.41, 5.74) is 2.62. The summed E-state index contributed by atoms with van der Waals surface area (Å²) in [4.78, 5) is 16.3. The number of nitrogens with zero attached hydrogens (tertiary/aromatic N) is 3. The topological polar surface area (TPSA) is 59.8 Å². The first-order valence-electron chi connectivity index (χ1n) is 6.50. The summed E-state index contributed by atoms with van der Waals surface area (Å²) in [5, 5.41) is 9.48. The molecule has 1 N–H and O–H groups in total. The number of anilines is 1. The monoisotopic (exact) mass is 298 g/mol. The highest BCUT2D eigenvalue weighted by Gasteiger charge is 2.08. The molecule has 3 aromatic rings. The molecule has 0 bridgehead atoms. The lowest BCUT2D eigenvalue weighted by Gasteiger charge is -2.04. The fraction of sp³-hybridized carbons (Fsp3) is 0.133. The second kappa shape index (κ2) is 5.88. The van der Waals surface area contributed by atoms with Crippen LogP contribution in [0.25, 0.3) is 0 Å². The van der Waals surface area contributed by atoms with E-state index in [9.17, 15) is 4.79 Å². The van der Waals surface area contributed by atoms with Gasteiger partial charge in [-0.15, -0.1) is 11.3 Å². The number of hydrogen-bond acceptors (Lipinski definition) is 4. The lowest BCUT2D eigenvalue weighted by atomic mass is 10.1. The van der Waals surface area contributed by atoms with Gasteiger partial charge in [0, 0.05) is 23.3 Å². The largest absolute Gasteiger partial charge is 0.298 e. The zero-order chi connectivity index (χ0) is 14.7. The van der Waals surface area contributed by atoms with Gasteiger partial charge in [0.1, 0.15) is 0 Å². The summed E-state index contributed by atoms with van der Waals surface area (Å²) in [6, 6.07) is 9.38. The summed E-state index contributed by atoms with van der Waals surface area (Å²) in [7, 11) is 0. The van der Waals surface area contributed by atoms with Gasteiger partial charge in [0.2, 0.25) is 0 Å². The number of benzene rings is 1. The minimum Gasteiger partial charge on any atom is -0.298 e. The number of aryl methyl sites for hydroxylation is 1. The number of aromatic nitrogens is 3. The number of carbonyl (C=O) groups excluding carboxylic acids is 1. The van der Waals surface area contributed by atoms with E-state index in [0.29, 0.717) is 17.2 Å². The molecule has 0 unspecified atom stereocenters. The van der Waals surface area contributed by atoms with Crippen molar-refractivity contribution in [3.8, 4) is 0 Å². The van der Waals surface area contributed by atoms with Gasteiger partial charge in [0.25, 0.3) is 5.91 Å². The van der Waals surface area contributed by atoms with Crippen LogP contribution in [0.5, 0.6) is 0 Å². The fourth-order valence-electron chi connectivity index (χ4n) is 1.92. The molecule has 2 heterocycles. The van der Waals surface area contributed by atoms with E-state index in [1.54, 1.807) is 6.20 Å². The van der Waals surface area contributed by atoms with Gasteiger partial charge in [-0.05, 0) is 30.7 Å². The van der Waals surface area contributed by atoms with Gasteiger partial charge in [-0.1, -0.05) is 12.1 Å². The Balaban J connectivity index is 1.67. The molecule has 0 aliphatic heterocycles. The predicted molar refractivity (Wildman–Crippen MR) is 82.6 cm³/mol. The molecule has 2 aromatic heterocycles. The van der Waals surface area contributed by atoms with Gasteiger partial charge in [-0.3, -0.25) is 14.8 Å². The maximum absolute atomic E-state index is 12.1. The average molecular weight is 298 g/mol. The molecular formula is C15H14N4OS. The minimum atomic E-state index is -0.144. The van der Waals surface area contributed by atoms with Crippen LogP contribution in [0.2, 0.25) is 0 Å². The standard InChI is InChI=1S/C15H14N4OS/c1-11-10-21-15(17-11)18-14(20)13-5-3-12(4-6-13)9-19-8-2-7-16-19/h2-8,10H,9H2,1H3,(H,17,18,20). The minimum absolute atomic E-state index is 0.144. The van der Waals surface area contributed by atoms with Crippen molar-refractivity contribution >= 4 is 22.4 Å². The van der Waals surface area contributed by atoms with Crippen molar-refractivity contribution in [3.63, 3.8) is 0 Å². The molecule has 5 nitrogen and oxygen atoms in total. The second-order valence-corrected chi connectivity index (χ2v) is 5.51. The van der Waals surface area contributed by atoms with Crippen LogP contribution < -0.4 is 5.32 Å². The van der Waals surface area contributed by atoms with Gasteiger partial charge in [0.05, 0.1) is 12.2 Å². The molecule has 0 fully saturated rings. The lowest BCUT2D eigenvalue weighted by molar-refractivity contribution is 0.102. The maximum Gasteiger partial charge on any atom is 0.257 e. The summed E-state index contributed by atoms with van der Waals surface area (Å²) < 4.78 is 1.84. The van der Waals surface area contributed by atoms with Gasteiger partial charge in [-0.2, -0.15) is 5.10 Å². The van der Waals surface area contributed by atoms with Crippen molar-refractivity contribution in [3.05, 3.63) is 64.9 Å². The third-order valence-electron chi connectivity index (χ3n) is 2.96. The number of hydrogen-bond donors (Lipinski definition) is 1. The van der Waals surface area contributed by atoms with E-state index in [2.05, 4.69) is 15.4 Å². The van der Waals surface area contributed by atoms with Gasteiger partial charge < -0.3 is 0 Å². The average Bonchev–Trinajstić information content (AvgIpc) is 3.12. The normalized spacial score (nSPS) is 10.5. The zero-order valence-electron chi connectivity index (χ0n) is 11.5. The highest BCUT2D eigenvalue weighted by Crippen LogP contribution is 2.16. The Labute approximate surface area is 126 Å². The molecule has 1 amide bonds. The molecule has 1 aromatic carbocycles. The Morgan fingerprint density at radius 1 is 1.33 bits per heavy atom. The van der Waals surface area contributed by atoms with Crippen LogP contribution in [0.3, 0.4) is 0 Å². The Bertz CT molecular complexity index is 731. The summed E-state index contributed by atoms with van der Waals surface area (Å²) >= 11 is 1.42. The van der Waals surface area contributed by atoms with Crippen molar-refractivity contribution in [1.82, 2.24) is 14.8 Å². The van der Waals surface area contributed by atoms with Crippen LogP contribution in [0, 0.1) is 6.92 Å². The Kier molecular flexibility index (Phi) is 3.79. The van der Waals surface area contributed by atoms with Gasteiger partial charge >= 0.3 is 0 Å². The Hall–Kier alpha value is -2.47. The summed E-state index contributed by atoms with van der Waals surface area (Å²) in [5.74, 6) is -0.144. The molecule has 0 aliphatic carbocycles. The molecule has 106 valence electrons. The summed E-state index contributed by atoms with van der Waals surface area (Å²) in [6.45, 7) is 2.59. The molecule has 0 radical (unpaired) electrons. The van der Waals surface area contributed by atoms with Crippen LogP contribution in [0.4, 0.5) is 5.13 Å². The smallest absolute Gasteiger partial charge is 0.257 e. The lowest BCUT2D eigenvalue weighted by Crippen LogP contribution is -2.11. The number of nitrogens with one attached hydrogen (secondary N) is 1. The first kappa shape index (κ1) is 13.5. The van der Waals surface area contributed by atoms with Crippen molar-refractivity contribution in [2.75, 3.05) is 5.32 Å². The quantitative estimate of drug-likeness (QED) is 0.805. The third kappa shape index (κ3) is 3.35. The van der Waals surface area contributed by atoms with Crippen LogP contribution in [0.1, 0.15) is 21.6 Å². The third-order valence-corrected chi connectivity index (χ3v) is 3.83. The fourth-order valence-corrected chi connectivity index (χ4v) is 2.61. The van der Waals surface area contributed by atoms with Crippen molar-refractivity contribution < 1.29 is 4.79 Å². The highest BCUT2D eigenvalue weighted by atomic mass is 32.1. The molecule has 21 heavy (non-hydrogen) atoms. The van der Waals surface area contributed by atoms with E-state index in [-0.39, 0.29) is 5.91 Å². The van der Waals surface area contributed by atoms with Crippen molar-refractivity contribution in [1.29, 1.82) is 0 Å². The molecule has 0 atom stereocenters. The number of carbonyl (C=O) groups is 1. The second-order valence-electron chi connectivity index (χ2n) is 4.65. The van der Waals surface area contributed by atoms with E-state index < -0.39 is 0 Å². The Morgan fingerprint density at radius 2 is 2.14 bits per heavy atom. The van der Waals surface area contributed by atoms with Crippen LogP contribution in [-0.2, 0) is 6.54 Å².